The van der Waals surface area contributed by atoms with Crippen LogP contribution in [-0.4, -0.2) is 39.8 Å². The molecule has 2 aromatic carbocycles. The number of ether oxygens (including phenoxy) is 1. The number of aryl methyl sites for hydroxylation is 2. The third kappa shape index (κ3) is 7.11. The van der Waals surface area contributed by atoms with Gasteiger partial charge in [-0.1, -0.05) is 38.5 Å². The van der Waals surface area contributed by atoms with Gasteiger partial charge in [0.1, 0.15) is 23.9 Å². The van der Waals surface area contributed by atoms with E-state index >= 15 is 0 Å². The SMILES string of the molecule is CCOc1ccc(NC(=O)N(CC(=O)Nc2cc(C(C)(C)C)nn2-c2ccc(C)cc2C)Cc2ccco2)cc1. The van der Waals surface area contributed by atoms with Crippen LogP contribution >= 0.6 is 0 Å². The summed E-state index contributed by atoms with van der Waals surface area (Å²) in [5.74, 6) is 1.44. The summed E-state index contributed by atoms with van der Waals surface area (Å²) in [5, 5.41) is 10.7. The van der Waals surface area contributed by atoms with E-state index in [0.29, 0.717) is 29.6 Å². The molecule has 2 N–H and O–H groups in total. The summed E-state index contributed by atoms with van der Waals surface area (Å²) >= 11 is 0. The van der Waals surface area contributed by atoms with Gasteiger partial charge in [-0.15, -0.1) is 0 Å². The van der Waals surface area contributed by atoms with Gasteiger partial charge in [-0.2, -0.15) is 5.10 Å². The van der Waals surface area contributed by atoms with Crippen LogP contribution in [0, 0.1) is 13.8 Å². The first kappa shape index (κ1) is 28.5. The molecule has 0 aliphatic carbocycles. The summed E-state index contributed by atoms with van der Waals surface area (Å²) in [5.41, 5.74) is 4.24. The topological polar surface area (TPSA) is 102 Å². The summed E-state index contributed by atoms with van der Waals surface area (Å²) in [6.07, 6.45) is 1.54. The number of furan rings is 1. The molecule has 3 amide bonds. The highest BCUT2D eigenvalue weighted by molar-refractivity contribution is 5.96. The lowest BCUT2D eigenvalue weighted by atomic mass is 9.92. The summed E-state index contributed by atoms with van der Waals surface area (Å²) in [6, 6.07) is 18.1. The Hall–Kier alpha value is -4.53. The number of nitrogens with one attached hydrogen (secondary N) is 2. The number of anilines is 2. The van der Waals surface area contributed by atoms with Crippen molar-refractivity contribution in [3.63, 3.8) is 0 Å². The monoisotopic (exact) mass is 543 g/mol. The number of hydrogen-bond acceptors (Lipinski definition) is 5. The molecule has 40 heavy (non-hydrogen) atoms. The zero-order valence-corrected chi connectivity index (χ0v) is 23.9. The molecule has 0 fully saturated rings. The molecule has 2 heterocycles. The Labute approximate surface area is 235 Å². The second-order valence-electron chi connectivity index (χ2n) is 10.7. The van der Waals surface area contributed by atoms with E-state index in [4.69, 9.17) is 14.3 Å². The Morgan fingerprint density at radius 1 is 1.02 bits per heavy atom. The van der Waals surface area contributed by atoms with Crippen LogP contribution in [-0.2, 0) is 16.8 Å². The minimum atomic E-state index is -0.436. The predicted octanol–water partition coefficient (Wildman–Crippen LogP) is 6.45. The molecule has 2 aromatic heterocycles. The van der Waals surface area contributed by atoms with Gasteiger partial charge in [0, 0.05) is 17.2 Å². The highest BCUT2D eigenvalue weighted by atomic mass is 16.5. The number of rotatable bonds is 9. The fourth-order valence-electron chi connectivity index (χ4n) is 4.21. The van der Waals surface area contributed by atoms with Crippen LogP contribution in [0.4, 0.5) is 16.3 Å². The maximum atomic E-state index is 13.4. The maximum absolute atomic E-state index is 13.4. The van der Waals surface area contributed by atoms with Crippen LogP contribution in [0.5, 0.6) is 5.75 Å². The van der Waals surface area contributed by atoms with Crippen molar-refractivity contribution in [3.05, 3.63) is 89.5 Å². The molecule has 0 saturated carbocycles. The Morgan fingerprint density at radius 3 is 2.40 bits per heavy atom. The average Bonchev–Trinajstić information content (AvgIpc) is 3.55. The summed E-state index contributed by atoms with van der Waals surface area (Å²) in [4.78, 5) is 28.1. The van der Waals surface area contributed by atoms with Crippen molar-refractivity contribution >= 4 is 23.4 Å². The highest BCUT2D eigenvalue weighted by Crippen LogP contribution is 2.28. The Bertz CT molecular complexity index is 1450. The van der Waals surface area contributed by atoms with Crippen molar-refractivity contribution in [1.82, 2.24) is 14.7 Å². The van der Waals surface area contributed by atoms with Gasteiger partial charge in [-0.05, 0) is 68.8 Å². The first-order valence-electron chi connectivity index (χ1n) is 13.3. The lowest BCUT2D eigenvalue weighted by molar-refractivity contribution is -0.116. The Balaban J connectivity index is 1.56. The molecule has 0 bridgehead atoms. The van der Waals surface area contributed by atoms with Crippen molar-refractivity contribution in [1.29, 1.82) is 0 Å². The summed E-state index contributed by atoms with van der Waals surface area (Å²) in [7, 11) is 0. The number of carbonyl (C=O) groups is 2. The van der Waals surface area contributed by atoms with Crippen LogP contribution in [0.3, 0.4) is 0 Å². The standard InChI is InChI=1S/C31H37N5O4/c1-7-39-24-13-11-23(12-14-24)32-30(38)35(19-25-9-8-16-40-25)20-29(37)33-28-18-27(31(4,5)6)34-36(28)26-15-10-21(2)17-22(26)3/h8-18H,7,19-20H2,1-6H3,(H,32,38)(H,33,37). The molecule has 0 unspecified atom stereocenters. The zero-order valence-electron chi connectivity index (χ0n) is 23.9. The van der Waals surface area contributed by atoms with Gasteiger partial charge in [0.15, 0.2) is 0 Å². The minimum Gasteiger partial charge on any atom is -0.494 e. The van der Waals surface area contributed by atoms with E-state index < -0.39 is 6.03 Å². The number of benzene rings is 2. The fraction of sp³-hybridized carbons (Fsp3) is 0.323. The van der Waals surface area contributed by atoms with E-state index in [1.54, 1.807) is 41.1 Å². The second-order valence-corrected chi connectivity index (χ2v) is 10.7. The molecular weight excluding hydrogens is 506 g/mol. The predicted molar refractivity (Wildman–Crippen MR) is 156 cm³/mol. The Kier molecular flexibility index (Phi) is 8.62. The third-order valence-electron chi connectivity index (χ3n) is 6.29. The van der Waals surface area contributed by atoms with Gasteiger partial charge >= 0.3 is 6.03 Å². The van der Waals surface area contributed by atoms with E-state index in [1.165, 1.54) is 11.2 Å². The molecule has 9 heteroatoms. The maximum Gasteiger partial charge on any atom is 0.322 e. The number of nitrogens with zero attached hydrogens (tertiary/aromatic N) is 3. The number of carbonyl (C=O) groups excluding carboxylic acids is 2. The van der Waals surface area contributed by atoms with Gasteiger partial charge in [-0.25, -0.2) is 9.48 Å². The quantitative estimate of drug-likeness (QED) is 0.253. The first-order valence-corrected chi connectivity index (χ1v) is 13.3. The number of hydrogen-bond donors (Lipinski definition) is 2. The first-order chi connectivity index (χ1) is 19.0. The molecule has 0 atom stereocenters. The van der Waals surface area contributed by atoms with E-state index in [2.05, 4.69) is 37.5 Å². The lowest BCUT2D eigenvalue weighted by Gasteiger charge is -2.22. The number of amides is 3. The van der Waals surface area contributed by atoms with Gasteiger partial charge in [-0.3, -0.25) is 4.79 Å². The number of aromatic nitrogens is 2. The van der Waals surface area contributed by atoms with E-state index in [-0.39, 0.29) is 24.4 Å². The van der Waals surface area contributed by atoms with E-state index in [9.17, 15) is 9.59 Å². The second kappa shape index (κ2) is 12.1. The van der Waals surface area contributed by atoms with Crippen molar-refractivity contribution in [2.45, 2.75) is 53.5 Å². The van der Waals surface area contributed by atoms with E-state index in [0.717, 1.165) is 22.5 Å². The molecular formula is C31H37N5O4. The third-order valence-corrected chi connectivity index (χ3v) is 6.29. The highest BCUT2D eigenvalue weighted by Gasteiger charge is 2.24. The lowest BCUT2D eigenvalue weighted by Crippen LogP contribution is -2.40. The summed E-state index contributed by atoms with van der Waals surface area (Å²) in [6.45, 7) is 12.7. The van der Waals surface area contributed by atoms with Gasteiger partial charge in [0.25, 0.3) is 0 Å². The van der Waals surface area contributed by atoms with Gasteiger partial charge < -0.3 is 24.7 Å². The summed E-state index contributed by atoms with van der Waals surface area (Å²) < 4.78 is 12.7. The molecule has 0 saturated heterocycles. The Morgan fingerprint density at radius 2 is 1.77 bits per heavy atom. The smallest absolute Gasteiger partial charge is 0.322 e. The molecule has 0 aliphatic heterocycles. The van der Waals surface area contributed by atoms with Crippen molar-refractivity contribution in [2.24, 2.45) is 0 Å². The van der Waals surface area contributed by atoms with E-state index in [1.807, 2.05) is 39.0 Å². The van der Waals surface area contributed by atoms with Crippen LogP contribution in [0.1, 0.15) is 50.3 Å². The van der Waals surface area contributed by atoms with Crippen LogP contribution in [0.15, 0.2) is 71.3 Å². The van der Waals surface area contributed by atoms with Crippen molar-refractivity contribution in [3.8, 4) is 11.4 Å². The van der Waals surface area contributed by atoms with Crippen molar-refractivity contribution in [2.75, 3.05) is 23.8 Å². The van der Waals surface area contributed by atoms with Gasteiger partial charge in [0.05, 0.1) is 30.8 Å². The molecule has 0 spiro atoms. The molecule has 4 aromatic rings. The van der Waals surface area contributed by atoms with Crippen molar-refractivity contribution < 1.29 is 18.7 Å². The molecule has 9 nitrogen and oxygen atoms in total. The normalized spacial score (nSPS) is 11.2. The largest absolute Gasteiger partial charge is 0.494 e. The molecule has 210 valence electrons. The minimum absolute atomic E-state index is 0.118. The average molecular weight is 544 g/mol. The number of urea groups is 1. The molecule has 0 radical (unpaired) electrons. The molecule has 4 rings (SSSR count). The van der Waals surface area contributed by atoms with Crippen LogP contribution in [0.2, 0.25) is 0 Å². The van der Waals surface area contributed by atoms with Crippen LogP contribution < -0.4 is 15.4 Å². The van der Waals surface area contributed by atoms with Gasteiger partial charge in [0.2, 0.25) is 5.91 Å². The molecule has 0 aliphatic rings. The zero-order chi connectivity index (χ0) is 28.9. The fourth-order valence-corrected chi connectivity index (χ4v) is 4.21. The van der Waals surface area contributed by atoms with Crippen LogP contribution in [0.25, 0.3) is 5.69 Å².